The summed E-state index contributed by atoms with van der Waals surface area (Å²) in [5.41, 5.74) is 0.507. The van der Waals surface area contributed by atoms with E-state index in [1.54, 1.807) is 19.2 Å². The predicted octanol–water partition coefficient (Wildman–Crippen LogP) is 1.42. The van der Waals surface area contributed by atoms with Crippen LogP contribution in [0.25, 0.3) is 0 Å². The van der Waals surface area contributed by atoms with E-state index in [0.29, 0.717) is 24.1 Å². The van der Waals surface area contributed by atoms with Gasteiger partial charge >= 0.3 is 5.97 Å². The van der Waals surface area contributed by atoms with E-state index in [-0.39, 0.29) is 5.97 Å². The van der Waals surface area contributed by atoms with E-state index in [4.69, 9.17) is 9.47 Å². The van der Waals surface area contributed by atoms with Gasteiger partial charge < -0.3 is 14.4 Å². The van der Waals surface area contributed by atoms with Gasteiger partial charge in [-0.2, -0.15) is 0 Å². The molecule has 2 aliphatic rings. The number of ether oxygens (including phenoxy) is 2. The second kappa shape index (κ2) is 7.27. The number of aromatic nitrogens is 1. The molecular formula is C17H25N3O3. The molecule has 0 unspecified atom stereocenters. The molecule has 2 aliphatic heterocycles. The van der Waals surface area contributed by atoms with Crippen LogP contribution in [0.1, 0.15) is 24.2 Å². The molecule has 0 aliphatic carbocycles. The molecular weight excluding hydrogens is 294 g/mol. The van der Waals surface area contributed by atoms with Gasteiger partial charge in [0.15, 0.2) is 0 Å². The summed E-state index contributed by atoms with van der Waals surface area (Å²) in [7, 11) is 0. The standard InChI is InChI=1S/C17H25N3O3/c1-3-23-17(21)14-4-5-16(18-10-14)20-11-13(2)15(12-20)19-6-8-22-9-7-19/h4-5,10,13,15H,3,6-9,11-12H2,1-2H3/t13-,15-/m1/s1. The van der Waals surface area contributed by atoms with Crippen molar-refractivity contribution >= 4 is 11.8 Å². The van der Waals surface area contributed by atoms with Crippen LogP contribution in [0.4, 0.5) is 5.82 Å². The average Bonchev–Trinajstić information content (AvgIpc) is 2.98. The van der Waals surface area contributed by atoms with Crippen molar-refractivity contribution < 1.29 is 14.3 Å². The van der Waals surface area contributed by atoms with Crippen LogP contribution >= 0.6 is 0 Å². The maximum atomic E-state index is 11.7. The molecule has 2 fully saturated rings. The molecule has 0 radical (unpaired) electrons. The Bertz CT molecular complexity index is 528. The van der Waals surface area contributed by atoms with Gasteiger partial charge in [-0.15, -0.1) is 0 Å². The van der Waals surface area contributed by atoms with Crippen LogP contribution in [-0.2, 0) is 9.47 Å². The molecule has 6 heteroatoms. The Balaban J connectivity index is 1.64. The normalized spacial score (nSPS) is 25.6. The van der Waals surface area contributed by atoms with Gasteiger partial charge in [0.2, 0.25) is 0 Å². The molecule has 1 aromatic heterocycles. The topological polar surface area (TPSA) is 54.9 Å². The molecule has 2 saturated heterocycles. The zero-order valence-corrected chi connectivity index (χ0v) is 13.9. The Kier molecular flexibility index (Phi) is 5.13. The summed E-state index contributed by atoms with van der Waals surface area (Å²) in [5.74, 6) is 1.22. The third-order valence-corrected chi connectivity index (χ3v) is 4.67. The highest BCUT2D eigenvalue weighted by Crippen LogP contribution is 2.26. The monoisotopic (exact) mass is 319 g/mol. The number of carbonyl (C=O) groups excluding carboxylic acids is 1. The highest BCUT2D eigenvalue weighted by atomic mass is 16.5. The number of esters is 1. The molecule has 0 bridgehead atoms. The minimum Gasteiger partial charge on any atom is -0.462 e. The van der Waals surface area contributed by atoms with E-state index in [1.807, 2.05) is 6.07 Å². The van der Waals surface area contributed by atoms with Crippen LogP contribution in [0.2, 0.25) is 0 Å². The molecule has 0 N–H and O–H groups in total. The zero-order valence-electron chi connectivity index (χ0n) is 13.9. The maximum Gasteiger partial charge on any atom is 0.339 e. The lowest BCUT2D eigenvalue weighted by Crippen LogP contribution is -2.46. The van der Waals surface area contributed by atoms with Crippen molar-refractivity contribution in [2.24, 2.45) is 5.92 Å². The maximum absolute atomic E-state index is 11.7. The summed E-state index contributed by atoms with van der Waals surface area (Å²) in [6.07, 6.45) is 1.61. The summed E-state index contributed by atoms with van der Waals surface area (Å²) in [6, 6.07) is 4.26. The van der Waals surface area contributed by atoms with Crippen molar-refractivity contribution in [3.8, 4) is 0 Å². The summed E-state index contributed by atoms with van der Waals surface area (Å²) in [4.78, 5) is 21.0. The molecule has 0 aromatic carbocycles. The quantitative estimate of drug-likeness (QED) is 0.782. The minimum atomic E-state index is -0.312. The Morgan fingerprint density at radius 2 is 2.13 bits per heavy atom. The van der Waals surface area contributed by atoms with E-state index < -0.39 is 0 Å². The molecule has 0 spiro atoms. The van der Waals surface area contributed by atoms with Crippen molar-refractivity contribution in [1.82, 2.24) is 9.88 Å². The van der Waals surface area contributed by atoms with Crippen molar-refractivity contribution in [3.05, 3.63) is 23.9 Å². The summed E-state index contributed by atoms with van der Waals surface area (Å²) >= 11 is 0. The lowest BCUT2D eigenvalue weighted by molar-refractivity contribution is 0.0134. The second-order valence-electron chi connectivity index (χ2n) is 6.22. The van der Waals surface area contributed by atoms with Gasteiger partial charge in [0.1, 0.15) is 5.82 Å². The SMILES string of the molecule is CCOC(=O)c1ccc(N2C[C@@H](C)[C@H](N3CCOCC3)C2)nc1. The van der Waals surface area contributed by atoms with E-state index >= 15 is 0 Å². The third-order valence-electron chi connectivity index (χ3n) is 4.67. The Morgan fingerprint density at radius 1 is 1.35 bits per heavy atom. The first kappa shape index (κ1) is 16.2. The van der Waals surface area contributed by atoms with Crippen molar-refractivity contribution in [2.75, 3.05) is 50.9 Å². The Hall–Kier alpha value is -1.66. The van der Waals surface area contributed by atoms with Crippen molar-refractivity contribution in [2.45, 2.75) is 19.9 Å². The van der Waals surface area contributed by atoms with Gasteiger partial charge in [0.25, 0.3) is 0 Å². The summed E-state index contributed by atoms with van der Waals surface area (Å²) in [6.45, 7) is 10.1. The smallest absolute Gasteiger partial charge is 0.339 e. The fourth-order valence-electron chi connectivity index (χ4n) is 3.43. The Labute approximate surface area is 137 Å². The first-order valence-corrected chi connectivity index (χ1v) is 8.39. The summed E-state index contributed by atoms with van der Waals surface area (Å²) in [5, 5.41) is 0. The number of morpholine rings is 1. The van der Waals surface area contributed by atoms with Gasteiger partial charge in [-0.25, -0.2) is 9.78 Å². The zero-order chi connectivity index (χ0) is 16.2. The molecule has 0 amide bonds. The number of hydrogen-bond acceptors (Lipinski definition) is 6. The number of anilines is 1. The fraction of sp³-hybridized carbons (Fsp3) is 0.647. The first-order valence-electron chi connectivity index (χ1n) is 8.39. The summed E-state index contributed by atoms with van der Waals surface area (Å²) < 4.78 is 10.4. The second-order valence-corrected chi connectivity index (χ2v) is 6.22. The van der Waals surface area contributed by atoms with Crippen LogP contribution in [0.15, 0.2) is 18.3 Å². The van der Waals surface area contributed by atoms with Crippen LogP contribution in [-0.4, -0.2) is 67.9 Å². The van der Waals surface area contributed by atoms with Crippen molar-refractivity contribution in [1.29, 1.82) is 0 Å². The minimum absolute atomic E-state index is 0.312. The van der Waals surface area contributed by atoms with Gasteiger partial charge in [-0.05, 0) is 25.0 Å². The number of pyridine rings is 1. The number of hydrogen-bond donors (Lipinski definition) is 0. The van der Waals surface area contributed by atoms with Crippen LogP contribution in [0.5, 0.6) is 0 Å². The lowest BCUT2D eigenvalue weighted by atomic mass is 10.0. The molecule has 3 rings (SSSR count). The average molecular weight is 319 g/mol. The number of rotatable bonds is 4. The molecule has 23 heavy (non-hydrogen) atoms. The van der Waals surface area contributed by atoms with Gasteiger partial charge in [0, 0.05) is 38.4 Å². The van der Waals surface area contributed by atoms with Gasteiger partial charge in [0.05, 0.1) is 25.4 Å². The van der Waals surface area contributed by atoms with E-state index in [9.17, 15) is 4.79 Å². The third kappa shape index (κ3) is 3.64. The van der Waals surface area contributed by atoms with Crippen LogP contribution in [0, 0.1) is 5.92 Å². The number of carbonyl (C=O) groups is 1. The van der Waals surface area contributed by atoms with E-state index in [2.05, 4.69) is 21.7 Å². The molecule has 6 nitrogen and oxygen atoms in total. The fourth-order valence-corrected chi connectivity index (χ4v) is 3.43. The molecule has 2 atom stereocenters. The molecule has 126 valence electrons. The van der Waals surface area contributed by atoms with Gasteiger partial charge in [-0.3, -0.25) is 4.90 Å². The van der Waals surface area contributed by atoms with Gasteiger partial charge in [-0.1, -0.05) is 6.92 Å². The van der Waals surface area contributed by atoms with Crippen molar-refractivity contribution in [3.63, 3.8) is 0 Å². The molecule has 0 saturated carbocycles. The molecule has 1 aromatic rings. The van der Waals surface area contributed by atoms with Crippen LogP contribution in [0.3, 0.4) is 0 Å². The largest absolute Gasteiger partial charge is 0.462 e. The highest BCUT2D eigenvalue weighted by molar-refractivity contribution is 5.89. The van der Waals surface area contributed by atoms with E-state index in [1.165, 1.54) is 0 Å². The van der Waals surface area contributed by atoms with Crippen LogP contribution < -0.4 is 4.90 Å². The predicted molar refractivity (Wildman–Crippen MR) is 87.8 cm³/mol. The highest BCUT2D eigenvalue weighted by Gasteiger charge is 2.35. The molecule has 3 heterocycles. The van der Waals surface area contributed by atoms with E-state index in [0.717, 1.165) is 45.2 Å². The number of nitrogens with zero attached hydrogens (tertiary/aromatic N) is 3. The lowest BCUT2D eigenvalue weighted by Gasteiger charge is -2.34. The first-order chi connectivity index (χ1) is 11.2. The Morgan fingerprint density at radius 3 is 2.78 bits per heavy atom.